The van der Waals surface area contributed by atoms with Crippen LogP contribution in [0.15, 0.2) is 0 Å². The maximum absolute atomic E-state index is 11.5. The minimum atomic E-state index is -0.945. The van der Waals surface area contributed by atoms with Crippen molar-refractivity contribution in [1.29, 1.82) is 0 Å². The molecule has 96 valence electrons. The van der Waals surface area contributed by atoms with E-state index in [2.05, 4.69) is 0 Å². The van der Waals surface area contributed by atoms with E-state index in [1.165, 1.54) is 0 Å². The zero-order chi connectivity index (χ0) is 12.8. The summed E-state index contributed by atoms with van der Waals surface area (Å²) in [6, 6.07) is 0. The maximum atomic E-state index is 11.5. The molecule has 0 radical (unpaired) electrons. The van der Waals surface area contributed by atoms with Crippen LogP contribution in [0.5, 0.6) is 0 Å². The van der Waals surface area contributed by atoms with Gasteiger partial charge in [0, 0.05) is 34.1 Å². The molecular formula is C11H16O6. The maximum Gasteiger partial charge on any atom is 0.338 e. The molecule has 0 amide bonds. The molecule has 0 aliphatic carbocycles. The lowest BCUT2D eigenvalue weighted by Gasteiger charge is -2.17. The predicted octanol–water partition coefficient (Wildman–Crippen LogP) is 0.733. The third-order valence-corrected chi connectivity index (χ3v) is 2.50. The van der Waals surface area contributed by atoms with Crippen molar-refractivity contribution >= 4 is 11.9 Å². The third kappa shape index (κ3) is 2.58. The third-order valence-electron chi connectivity index (χ3n) is 2.50. The first-order valence-corrected chi connectivity index (χ1v) is 5.50. The number of carbonyl (C=O) groups is 2. The van der Waals surface area contributed by atoms with Crippen LogP contribution in [0.25, 0.3) is 0 Å². The molecule has 2 aliphatic heterocycles. The fourth-order valence-electron chi connectivity index (χ4n) is 1.93. The Labute approximate surface area is 99.2 Å². The van der Waals surface area contributed by atoms with E-state index in [4.69, 9.17) is 18.9 Å². The van der Waals surface area contributed by atoms with Crippen molar-refractivity contribution in [3.05, 3.63) is 0 Å². The first-order valence-electron chi connectivity index (χ1n) is 5.50. The van der Waals surface area contributed by atoms with Crippen LogP contribution >= 0.6 is 0 Å². The number of hydrogen-bond acceptors (Lipinski definition) is 6. The van der Waals surface area contributed by atoms with Crippen molar-refractivity contribution in [1.82, 2.24) is 0 Å². The van der Waals surface area contributed by atoms with Gasteiger partial charge in [0.1, 0.15) is 0 Å². The highest BCUT2D eigenvalue weighted by molar-refractivity contribution is 5.80. The topological polar surface area (TPSA) is 71.1 Å². The number of esters is 2. The first-order chi connectivity index (χ1) is 7.69. The quantitative estimate of drug-likeness (QED) is 0.667. The number of ether oxygens (including phenoxy) is 4. The Hall–Kier alpha value is -1.14. The Morgan fingerprint density at radius 3 is 1.47 bits per heavy atom. The molecule has 0 bridgehead atoms. The zero-order valence-corrected chi connectivity index (χ0v) is 10.3. The molecule has 6 heteroatoms. The van der Waals surface area contributed by atoms with Gasteiger partial charge < -0.3 is 18.9 Å². The molecule has 2 saturated heterocycles. The smallest absolute Gasteiger partial charge is 0.338 e. The number of rotatable bonds is 2. The summed E-state index contributed by atoms with van der Waals surface area (Å²) in [6.45, 7) is 6.57. The van der Waals surface area contributed by atoms with Gasteiger partial charge in [0.05, 0.1) is 0 Å². The van der Waals surface area contributed by atoms with Gasteiger partial charge >= 0.3 is 11.9 Å². The lowest BCUT2D eigenvalue weighted by molar-refractivity contribution is -0.162. The monoisotopic (exact) mass is 244 g/mol. The van der Waals surface area contributed by atoms with Gasteiger partial charge in [0.15, 0.2) is 12.2 Å². The molecule has 17 heavy (non-hydrogen) atoms. The largest absolute Gasteiger partial charge is 0.432 e. The molecule has 2 heterocycles. The van der Waals surface area contributed by atoms with Crippen LogP contribution in [-0.2, 0) is 28.5 Å². The van der Waals surface area contributed by atoms with Crippen molar-refractivity contribution in [2.75, 3.05) is 0 Å². The Morgan fingerprint density at radius 2 is 1.24 bits per heavy atom. The highest BCUT2D eigenvalue weighted by Gasteiger charge is 2.47. The molecule has 0 saturated carbocycles. The molecular weight excluding hydrogens is 228 g/mol. The predicted molar refractivity (Wildman–Crippen MR) is 54.7 cm³/mol. The van der Waals surface area contributed by atoms with Gasteiger partial charge in [0.25, 0.3) is 0 Å². The molecule has 0 spiro atoms. The van der Waals surface area contributed by atoms with Crippen molar-refractivity contribution < 1.29 is 28.5 Å². The Balaban J connectivity index is 1.99. The van der Waals surface area contributed by atoms with Crippen LogP contribution in [-0.4, -0.2) is 35.7 Å². The summed E-state index contributed by atoms with van der Waals surface area (Å²) in [5.41, 5.74) is 0. The SMILES string of the molecule is CC1(C)OC(=O)C(CC2OC(C)(C)OC2=O)O1. The van der Waals surface area contributed by atoms with E-state index in [1.807, 2.05) is 0 Å². The van der Waals surface area contributed by atoms with Crippen molar-refractivity contribution in [3.8, 4) is 0 Å². The van der Waals surface area contributed by atoms with E-state index < -0.39 is 35.7 Å². The van der Waals surface area contributed by atoms with E-state index in [0.717, 1.165) is 0 Å². The zero-order valence-electron chi connectivity index (χ0n) is 10.3. The van der Waals surface area contributed by atoms with Gasteiger partial charge in [-0.25, -0.2) is 9.59 Å². The Morgan fingerprint density at radius 1 is 0.882 bits per heavy atom. The van der Waals surface area contributed by atoms with Crippen LogP contribution in [0.1, 0.15) is 34.1 Å². The van der Waals surface area contributed by atoms with Crippen LogP contribution in [0.4, 0.5) is 0 Å². The van der Waals surface area contributed by atoms with Gasteiger partial charge in [-0.3, -0.25) is 0 Å². The first kappa shape index (κ1) is 12.3. The van der Waals surface area contributed by atoms with Gasteiger partial charge in [-0.15, -0.1) is 0 Å². The molecule has 2 unspecified atom stereocenters. The molecule has 0 N–H and O–H groups in total. The summed E-state index contributed by atoms with van der Waals surface area (Å²) >= 11 is 0. The molecule has 2 atom stereocenters. The lowest BCUT2D eigenvalue weighted by atomic mass is 10.1. The molecule has 2 rings (SSSR count). The summed E-state index contributed by atoms with van der Waals surface area (Å²) in [4.78, 5) is 23.0. The highest BCUT2D eigenvalue weighted by atomic mass is 16.8. The second-order valence-corrected chi connectivity index (χ2v) is 5.09. The van der Waals surface area contributed by atoms with Crippen LogP contribution in [0.3, 0.4) is 0 Å². The fraction of sp³-hybridized carbons (Fsp3) is 0.818. The fourth-order valence-corrected chi connectivity index (χ4v) is 1.93. The summed E-state index contributed by atoms with van der Waals surface area (Å²) in [7, 11) is 0. The Kier molecular flexibility index (Phi) is 2.67. The standard InChI is InChI=1S/C11H16O6/c1-10(2)14-6(8(12)16-10)5-7-9(13)17-11(3,4)15-7/h6-7H,5H2,1-4H3. The van der Waals surface area contributed by atoms with Crippen molar-refractivity contribution in [2.24, 2.45) is 0 Å². The van der Waals surface area contributed by atoms with E-state index in [0.29, 0.717) is 0 Å². The van der Waals surface area contributed by atoms with Crippen molar-refractivity contribution in [3.63, 3.8) is 0 Å². The average molecular weight is 244 g/mol. The van der Waals surface area contributed by atoms with Crippen LogP contribution < -0.4 is 0 Å². The molecule has 2 aliphatic rings. The minimum Gasteiger partial charge on any atom is -0.432 e. The van der Waals surface area contributed by atoms with E-state index in [1.54, 1.807) is 27.7 Å². The lowest BCUT2D eigenvalue weighted by Crippen LogP contribution is -2.29. The normalized spacial score (nSPS) is 34.6. The van der Waals surface area contributed by atoms with Gasteiger partial charge in [-0.2, -0.15) is 0 Å². The van der Waals surface area contributed by atoms with Gasteiger partial charge in [0.2, 0.25) is 11.6 Å². The Bertz CT molecular complexity index is 325. The highest BCUT2D eigenvalue weighted by Crippen LogP contribution is 2.31. The number of hydrogen-bond donors (Lipinski definition) is 0. The molecule has 2 fully saturated rings. The summed E-state index contributed by atoms with van der Waals surface area (Å²) in [6.07, 6.45) is -1.45. The summed E-state index contributed by atoms with van der Waals surface area (Å²) in [5, 5.41) is 0. The average Bonchev–Trinajstić information content (AvgIpc) is 2.50. The number of cyclic esters (lactones) is 2. The second-order valence-electron chi connectivity index (χ2n) is 5.09. The summed E-state index contributed by atoms with van der Waals surface area (Å²) < 4.78 is 20.7. The second kappa shape index (κ2) is 3.68. The van der Waals surface area contributed by atoms with E-state index >= 15 is 0 Å². The summed E-state index contributed by atoms with van der Waals surface area (Å²) in [5.74, 6) is -2.84. The van der Waals surface area contributed by atoms with Gasteiger partial charge in [-0.1, -0.05) is 0 Å². The molecule has 0 aromatic carbocycles. The van der Waals surface area contributed by atoms with Crippen molar-refractivity contribution in [2.45, 2.75) is 57.9 Å². The molecule has 0 aromatic rings. The number of carbonyl (C=O) groups excluding carboxylic acids is 2. The molecule has 6 nitrogen and oxygen atoms in total. The van der Waals surface area contributed by atoms with Gasteiger partial charge in [-0.05, 0) is 0 Å². The minimum absolute atomic E-state index is 0.116. The van der Waals surface area contributed by atoms with E-state index in [-0.39, 0.29) is 6.42 Å². The molecule has 0 aromatic heterocycles. The van der Waals surface area contributed by atoms with Crippen LogP contribution in [0.2, 0.25) is 0 Å². The van der Waals surface area contributed by atoms with E-state index in [9.17, 15) is 9.59 Å². The van der Waals surface area contributed by atoms with Crippen LogP contribution in [0, 0.1) is 0 Å².